The van der Waals surface area contributed by atoms with E-state index in [2.05, 4.69) is 0 Å². The molecule has 0 aromatic heterocycles. The second-order valence-corrected chi connectivity index (χ2v) is 5.62. The van der Waals surface area contributed by atoms with E-state index in [4.69, 9.17) is 21.1 Å². The molecule has 1 aliphatic carbocycles. The summed E-state index contributed by atoms with van der Waals surface area (Å²) in [5, 5.41) is 0.514. The molecule has 1 aliphatic rings. The molecule has 21 heavy (non-hydrogen) atoms. The molecule has 5 heteroatoms. The number of rotatable bonds is 6. The Morgan fingerprint density at radius 1 is 1.14 bits per heavy atom. The Labute approximate surface area is 129 Å². The van der Waals surface area contributed by atoms with Crippen LogP contribution in [-0.2, 0) is 14.3 Å². The van der Waals surface area contributed by atoms with Crippen LogP contribution >= 0.6 is 11.6 Å². The number of carbonyl (C=O) groups excluding carboxylic acids is 2. The molecule has 1 aromatic carbocycles. The van der Waals surface area contributed by atoms with E-state index in [0.29, 0.717) is 17.2 Å². The fourth-order valence-electron chi connectivity index (χ4n) is 2.34. The highest BCUT2D eigenvalue weighted by Crippen LogP contribution is 2.22. The van der Waals surface area contributed by atoms with E-state index in [1.54, 1.807) is 24.3 Å². The molecule has 0 amide bonds. The molecule has 1 fully saturated rings. The maximum atomic E-state index is 11.6. The lowest BCUT2D eigenvalue weighted by molar-refractivity contribution is -0.148. The molecule has 0 radical (unpaired) electrons. The minimum absolute atomic E-state index is 0.0795. The highest BCUT2D eigenvalue weighted by Gasteiger charge is 2.19. The van der Waals surface area contributed by atoms with Crippen LogP contribution in [0.4, 0.5) is 0 Å². The fraction of sp³-hybridized carbons (Fsp3) is 0.500. The summed E-state index contributed by atoms with van der Waals surface area (Å²) in [6.45, 7) is 0. The summed E-state index contributed by atoms with van der Waals surface area (Å²) in [7, 11) is 0. The minimum atomic E-state index is -0.370. The van der Waals surface area contributed by atoms with Gasteiger partial charge in [-0.1, -0.05) is 17.7 Å². The first-order valence-corrected chi connectivity index (χ1v) is 7.67. The van der Waals surface area contributed by atoms with Gasteiger partial charge < -0.3 is 9.47 Å². The minimum Gasteiger partial charge on any atom is -0.462 e. The lowest BCUT2D eigenvalue weighted by Crippen LogP contribution is -2.15. The van der Waals surface area contributed by atoms with Crippen LogP contribution < -0.4 is 4.74 Å². The lowest BCUT2D eigenvalue weighted by Gasteiger charge is -2.10. The van der Waals surface area contributed by atoms with Crippen molar-refractivity contribution in [2.75, 3.05) is 0 Å². The average Bonchev–Trinajstić information content (AvgIpc) is 2.91. The van der Waals surface area contributed by atoms with Crippen molar-refractivity contribution in [3.63, 3.8) is 0 Å². The van der Waals surface area contributed by atoms with E-state index >= 15 is 0 Å². The summed E-state index contributed by atoms with van der Waals surface area (Å²) in [6, 6.07) is 6.66. The number of ether oxygens (including phenoxy) is 2. The second-order valence-electron chi connectivity index (χ2n) is 5.18. The van der Waals surface area contributed by atoms with Crippen LogP contribution in [0.3, 0.4) is 0 Å². The first-order chi connectivity index (χ1) is 10.1. The van der Waals surface area contributed by atoms with Crippen molar-refractivity contribution in [3.05, 3.63) is 29.3 Å². The van der Waals surface area contributed by atoms with Crippen LogP contribution in [0.5, 0.6) is 5.75 Å². The first-order valence-electron chi connectivity index (χ1n) is 7.29. The number of benzene rings is 1. The van der Waals surface area contributed by atoms with E-state index < -0.39 is 0 Å². The van der Waals surface area contributed by atoms with Gasteiger partial charge in [-0.05, 0) is 50.3 Å². The van der Waals surface area contributed by atoms with Crippen molar-refractivity contribution in [2.24, 2.45) is 0 Å². The highest BCUT2D eigenvalue weighted by atomic mass is 35.5. The normalized spacial score (nSPS) is 14.9. The van der Waals surface area contributed by atoms with Gasteiger partial charge in [0.25, 0.3) is 0 Å². The topological polar surface area (TPSA) is 52.6 Å². The number of carbonyl (C=O) groups is 2. The Hall–Kier alpha value is -1.55. The Kier molecular flexibility index (Phi) is 6.05. The molecular formula is C16H19ClO4. The van der Waals surface area contributed by atoms with E-state index in [1.165, 1.54) is 0 Å². The molecular weight excluding hydrogens is 292 g/mol. The third-order valence-electron chi connectivity index (χ3n) is 3.39. The third-order valence-corrected chi connectivity index (χ3v) is 3.62. The molecule has 2 rings (SSSR count). The largest absolute Gasteiger partial charge is 0.462 e. The molecule has 0 heterocycles. The summed E-state index contributed by atoms with van der Waals surface area (Å²) in [6.07, 6.45) is 5.13. The van der Waals surface area contributed by atoms with Crippen molar-refractivity contribution in [3.8, 4) is 5.75 Å². The van der Waals surface area contributed by atoms with Crippen LogP contribution in [0.15, 0.2) is 24.3 Å². The molecule has 0 N–H and O–H groups in total. The molecule has 0 spiro atoms. The first kappa shape index (κ1) is 15.8. The fourth-order valence-corrected chi connectivity index (χ4v) is 2.52. The summed E-state index contributed by atoms with van der Waals surface area (Å²) < 4.78 is 10.5. The average molecular weight is 311 g/mol. The van der Waals surface area contributed by atoms with Crippen molar-refractivity contribution in [2.45, 2.75) is 51.0 Å². The van der Waals surface area contributed by atoms with Gasteiger partial charge in [0.2, 0.25) is 0 Å². The van der Waals surface area contributed by atoms with E-state index in [1.807, 2.05) is 0 Å². The molecule has 0 unspecified atom stereocenters. The molecule has 0 bridgehead atoms. The van der Waals surface area contributed by atoms with Crippen LogP contribution in [-0.4, -0.2) is 18.0 Å². The van der Waals surface area contributed by atoms with Gasteiger partial charge in [0.15, 0.2) is 0 Å². The monoisotopic (exact) mass is 310 g/mol. The van der Waals surface area contributed by atoms with Gasteiger partial charge in [0.05, 0.1) is 0 Å². The maximum Gasteiger partial charge on any atom is 0.311 e. The maximum absolute atomic E-state index is 11.6. The van der Waals surface area contributed by atoms with Crippen molar-refractivity contribution in [1.29, 1.82) is 0 Å². The van der Waals surface area contributed by atoms with E-state index in [-0.39, 0.29) is 30.9 Å². The molecule has 4 nitrogen and oxygen atoms in total. The van der Waals surface area contributed by atoms with Crippen LogP contribution in [0.25, 0.3) is 0 Å². The van der Waals surface area contributed by atoms with E-state index in [9.17, 15) is 9.59 Å². The number of hydrogen-bond donors (Lipinski definition) is 0. The van der Waals surface area contributed by atoms with Crippen molar-refractivity contribution < 1.29 is 19.1 Å². The number of halogens is 1. The Morgan fingerprint density at radius 2 is 1.86 bits per heavy atom. The molecule has 114 valence electrons. The third kappa shape index (κ3) is 5.76. The SMILES string of the molecule is O=C(CCCC(=O)OC1CCCC1)Oc1cccc(Cl)c1. The van der Waals surface area contributed by atoms with Crippen molar-refractivity contribution >= 4 is 23.5 Å². The summed E-state index contributed by atoms with van der Waals surface area (Å²) in [4.78, 5) is 23.2. The van der Waals surface area contributed by atoms with Gasteiger partial charge in [-0.3, -0.25) is 9.59 Å². The quantitative estimate of drug-likeness (QED) is 0.590. The van der Waals surface area contributed by atoms with Crippen molar-refractivity contribution in [1.82, 2.24) is 0 Å². The van der Waals surface area contributed by atoms with Crippen LogP contribution in [0.1, 0.15) is 44.9 Å². The standard InChI is InChI=1S/C16H19ClO4/c17-12-5-3-8-14(11-12)21-16(19)10-4-9-15(18)20-13-6-1-2-7-13/h3,5,8,11,13H,1-2,4,6-7,9-10H2. The van der Waals surface area contributed by atoms with Gasteiger partial charge in [0, 0.05) is 17.9 Å². The van der Waals surface area contributed by atoms with Gasteiger partial charge >= 0.3 is 11.9 Å². The molecule has 0 saturated heterocycles. The second kappa shape index (κ2) is 8.03. The molecule has 0 aliphatic heterocycles. The smallest absolute Gasteiger partial charge is 0.311 e. The zero-order chi connectivity index (χ0) is 15.1. The lowest BCUT2D eigenvalue weighted by atomic mass is 10.2. The van der Waals surface area contributed by atoms with E-state index in [0.717, 1.165) is 25.7 Å². The molecule has 1 saturated carbocycles. The van der Waals surface area contributed by atoms with Gasteiger partial charge in [0.1, 0.15) is 11.9 Å². The predicted molar refractivity (Wildman–Crippen MR) is 79.3 cm³/mol. The molecule has 0 atom stereocenters. The summed E-state index contributed by atoms with van der Waals surface area (Å²) >= 11 is 5.80. The number of hydrogen-bond acceptors (Lipinski definition) is 4. The Bertz CT molecular complexity index is 495. The van der Waals surface area contributed by atoms with Gasteiger partial charge in [-0.15, -0.1) is 0 Å². The van der Waals surface area contributed by atoms with Gasteiger partial charge in [-0.25, -0.2) is 0 Å². The van der Waals surface area contributed by atoms with Crippen LogP contribution in [0.2, 0.25) is 5.02 Å². The molecule has 1 aromatic rings. The Morgan fingerprint density at radius 3 is 2.57 bits per heavy atom. The highest BCUT2D eigenvalue weighted by molar-refractivity contribution is 6.30. The summed E-state index contributed by atoms with van der Waals surface area (Å²) in [5.41, 5.74) is 0. The number of esters is 2. The summed E-state index contributed by atoms with van der Waals surface area (Å²) in [5.74, 6) is -0.176. The predicted octanol–water partition coefficient (Wildman–Crippen LogP) is 3.90. The zero-order valence-electron chi connectivity index (χ0n) is 11.8. The zero-order valence-corrected chi connectivity index (χ0v) is 12.6. The van der Waals surface area contributed by atoms with Gasteiger partial charge in [-0.2, -0.15) is 0 Å². The Balaban J connectivity index is 1.63. The van der Waals surface area contributed by atoms with Crippen LogP contribution in [0, 0.1) is 0 Å².